The number of nitrogens with one attached hydrogen (secondary N) is 1. The lowest BCUT2D eigenvalue weighted by atomic mass is 10.3. The molecular formula is C22H18N6O5S. The van der Waals surface area contributed by atoms with E-state index in [0.29, 0.717) is 28.4 Å². The molecule has 0 unspecified atom stereocenters. The van der Waals surface area contributed by atoms with E-state index in [0.717, 1.165) is 5.69 Å². The molecule has 0 aliphatic rings. The highest BCUT2D eigenvalue weighted by Gasteiger charge is 2.17. The molecule has 11 nitrogen and oxygen atoms in total. The summed E-state index contributed by atoms with van der Waals surface area (Å²) < 4.78 is 41.7. The van der Waals surface area contributed by atoms with Crippen LogP contribution in [0.2, 0.25) is 0 Å². The van der Waals surface area contributed by atoms with Crippen LogP contribution >= 0.6 is 0 Å². The zero-order valence-corrected chi connectivity index (χ0v) is 18.9. The zero-order chi connectivity index (χ0) is 23.9. The summed E-state index contributed by atoms with van der Waals surface area (Å²) >= 11 is 0. The number of aromatic nitrogens is 5. The molecule has 3 heterocycles. The lowest BCUT2D eigenvalue weighted by Crippen LogP contribution is -2.13. The molecule has 2 aromatic carbocycles. The fourth-order valence-electron chi connectivity index (χ4n) is 3.23. The molecule has 34 heavy (non-hydrogen) atoms. The van der Waals surface area contributed by atoms with Gasteiger partial charge in [0.15, 0.2) is 11.4 Å². The number of hydrogen-bond acceptors (Lipinski definition) is 8. The van der Waals surface area contributed by atoms with Gasteiger partial charge in [-0.2, -0.15) is 5.10 Å². The Hall–Kier alpha value is -4.45. The smallest absolute Gasteiger partial charge is 0.419 e. The summed E-state index contributed by atoms with van der Waals surface area (Å²) in [6.07, 6.45) is 1.79. The number of ether oxygens (including phenoxy) is 1. The fourth-order valence-corrected chi connectivity index (χ4v) is 4.31. The minimum atomic E-state index is -3.89. The number of oxazole rings is 1. The fraction of sp³-hybridized carbons (Fsp3) is 0.0909. The van der Waals surface area contributed by atoms with E-state index in [9.17, 15) is 13.2 Å². The first-order chi connectivity index (χ1) is 16.3. The Labute approximate surface area is 193 Å². The maximum absolute atomic E-state index is 12.8. The van der Waals surface area contributed by atoms with E-state index in [1.54, 1.807) is 47.3 Å². The van der Waals surface area contributed by atoms with Crippen LogP contribution in [-0.2, 0) is 17.1 Å². The predicted molar refractivity (Wildman–Crippen MR) is 123 cm³/mol. The Morgan fingerprint density at radius 2 is 1.79 bits per heavy atom. The molecule has 0 fully saturated rings. The summed E-state index contributed by atoms with van der Waals surface area (Å²) in [5.74, 6) is 0.720. The van der Waals surface area contributed by atoms with Crippen molar-refractivity contribution < 1.29 is 17.6 Å². The van der Waals surface area contributed by atoms with Gasteiger partial charge in [-0.05, 0) is 61.5 Å². The second kappa shape index (κ2) is 8.15. The van der Waals surface area contributed by atoms with E-state index in [1.165, 1.54) is 29.8 Å². The molecule has 5 aromatic rings. The molecule has 12 heteroatoms. The molecule has 0 aliphatic carbocycles. The number of anilines is 1. The first kappa shape index (κ1) is 21.4. The van der Waals surface area contributed by atoms with Crippen LogP contribution in [-0.4, -0.2) is 33.0 Å². The molecule has 172 valence electrons. The van der Waals surface area contributed by atoms with Gasteiger partial charge in [0.25, 0.3) is 10.0 Å². The van der Waals surface area contributed by atoms with Gasteiger partial charge in [-0.1, -0.05) is 0 Å². The van der Waals surface area contributed by atoms with Crippen molar-refractivity contribution in [1.29, 1.82) is 0 Å². The van der Waals surface area contributed by atoms with Crippen molar-refractivity contribution in [2.24, 2.45) is 7.05 Å². The molecule has 0 bridgehead atoms. The largest absolute Gasteiger partial charge is 0.438 e. The second-order valence-corrected chi connectivity index (χ2v) is 9.10. The third-order valence-corrected chi connectivity index (χ3v) is 6.36. The van der Waals surface area contributed by atoms with Crippen LogP contribution in [0.25, 0.3) is 16.9 Å². The van der Waals surface area contributed by atoms with Gasteiger partial charge in [0.1, 0.15) is 5.75 Å². The summed E-state index contributed by atoms with van der Waals surface area (Å²) in [6, 6.07) is 15.8. The Bertz CT molecular complexity index is 1650. The third-order valence-electron chi connectivity index (χ3n) is 4.99. The van der Waals surface area contributed by atoms with Gasteiger partial charge in [0.05, 0.1) is 16.1 Å². The summed E-state index contributed by atoms with van der Waals surface area (Å²) in [4.78, 5) is 11.6. The molecule has 0 saturated carbocycles. The number of rotatable bonds is 6. The minimum absolute atomic E-state index is 0.000494. The van der Waals surface area contributed by atoms with Gasteiger partial charge in [-0.3, -0.25) is 9.29 Å². The van der Waals surface area contributed by atoms with E-state index >= 15 is 0 Å². The first-order valence-electron chi connectivity index (χ1n) is 10.1. The van der Waals surface area contributed by atoms with E-state index in [1.807, 2.05) is 13.0 Å². The molecule has 5 rings (SSSR count). The quantitative estimate of drug-likeness (QED) is 0.394. The maximum atomic E-state index is 12.8. The highest BCUT2D eigenvalue weighted by atomic mass is 32.2. The molecule has 0 atom stereocenters. The number of fused-ring (bicyclic) bond motifs is 1. The van der Waals surface area contributed by atoms with Crippen LogP contribution in [0.4, 0.5) is 5.69 Å². The average molecular weight is 478 g/mol. The molecule has 0 amide bonds. The number of sulfonamides is 1. The Morgan fingerprint density at radius 3 is 2.47 bits per heavy atom. The zero-order valence-electron chi connectivity index (χ0n) is 18.0. The lowest BCUT2D eigenvalue weighted by molar-refractivity contribution is 0.454. The molecule has 0 saturated heterocycles. The van der Waals surface area contributed by atoms with Gasteiger partial charge < -0.3 is 9.15 Å². The summed E-state index contributed by atoms with van der Waals surface area (Å²) in [6.45, 7) is 1.88. The highest BCUT2D eigenvalue weighted by Crippen LogP contribution is 2.24. The van der Waals surface area contributed by atoms with Crippen LogP contribution in [0.3, 0.4) is 0 Å². The van der Waals surface area contributed by atoms with E-state index in [-0.39, 0.29) is 10.8 Å². The Kier molecular flexibility index (Phi) is 5.13. The summed E-state index contributed by atoms with van der Waals surface area (Å²) in [5, 5.41) is 12.4. The SMILES string of the molecule is Cc1ccn(-c2ccc(Oc3ccc(NS(=O)(=O)c4ccc5oc(=O)n(C)c5c4)cc3)nn2)n1. The standard InChI is InChI=1S/C22H18N6O5S/c1-14-11-12-28(25-14)20-9-10-21(24-23-20)32-16-5-3-15(4-6-16)26-34(30,31)17-7-8-19-18(13-17)27(2)22(29)33-19/h3-13,26H,1-2H3. The molecule has 0 aliphatic heterocycles. The van der Waals surface area contributed by atoms with Crippen LogP contribution in [0, 0.1) is 6.92 Å². The maximum Gasteiger partial charge on any atom is 0.419 e. The van der Waals surface area contributed by atoms with Crippen LogP contribution in [0.15, 0.2) is 81.0 Å². The first-order valence-corrected chi connectivity index (χ1v) is 11.5. The van der Waals surface area contributed by atoms with Gasteiger partial charge in [0.2, 0.25) is 5.88 Å². The van der Waals surface area contributed by atoms with E-state index in [2.05, 4.69) is 20.0 Å². The molecule has 0 spiro atoms. The normalized spacial score (nSPS) is 11.6. The van der Waals surface area contributed by atoms with Crippen molar-refractivity contribution in [3.8, 4) is 17.4 Å². The highest BCUT2D eigenvalue weighted by molar-refractivity contribution is 7.92. The number of benzene rings is 2. The molecule has 0 radical (unpaired) electrons. The molecule has 1 N–H and O–H groups in total. The molecular weight excluding hydrogens is 460 g/mol. The van der Waals surface area contributed by atoms with Crippen LogP contribution in [0.5, 0.6) is 11.6 Å². The Morgan fingerprint density at radius 1 is 1.00 bits per heavy atom. The van der Waals surface area contributed by atoms with Crippen molar-refractivity contribution in [2.45, 2.75) is 11.8 Å². The van der Waals surface area contributed by atoms with E-state index in [4.69, 9.17) is 9.15 Å². The van der Waals surface area contributed by atoms with Crippen LogP contribution in [0.1, 0.15) is 5.69 Å². The van der Waals surface area contributed by atoms with Gasteiger partial charge in [0, 0.05) is 25.0 Å². The third kappa shape index (κ3) is 4.13. The van der Waals surface area contributed by atoms with Crippen molar-refractivity contribution >= 4 is 26.8 Å². The van der Waals surface area contributed by atoms with Crippen molar-refractivity contribution in [1.82, 2.24) is 24.5 Å². The minimum Gasteiger partial charge on any atom is -0.438 e. The number of hydrogen-bond donors (Lipinski definition) is 1. The Balaban J connectivity index is 1.29. The van der Waals surface area contributed by atoms with Crippen molar-refractivity contribution in [2.75, 3.05) is 4.72 Å². The predicted octanol–water partition coefficient (Wildman–Crippen LogP) is 3.01. The van der Waals surface area contributed by atoms with Gasteiger partial charge >= 0.3 is 5.76 Å². The van der Waals surface area contributed by atoms with E-state index < -0.39 is 15.8 Å². The lowest BCUT2D eigenvalue weighted by Gasteiger charge is -2.09. The summed E-state index contributed by atoms with van der Waals surface area (Å²) in [5.41, 5.74) is 1.89. The number of nitrogens with zero attached hydrogens (tertiary/aromatic N) is 5. The average Bonchev–Trinajstić information content (AvgIpc) is 3.38. The topological polar surface area (TPSA) is 134 Å². The van der Waals surface area contributed by atoms with Gasteiger partial charge in [-0.15, -0.1) is 10.2 Å². The van der Waals surface area contributed by atoms with Crippen molar-refractivity contribution in [3.05, 3.63) is 83.1 Å². The number of aryl methyl sites for hydroxylation is 2. The monoisotopic (exact) mass is 478 g/mol. The summed E-state index contributed by atoms with van der Waals surface area (Å²) in [7, 11) is -2.38. The second-order valence-electron chi connectivity index (χ2n) is 7.42. The van der Waals surface area contributed by atoms with Crippen LogP contribution < -0.4 is 15.2 Å². The van der Waals surface area contributed by atoms with Crippen molar-refractivity contribution in [3.63, 3.8) is 0 Å². The van der Waals surface area contributed by atoms with Gasteiger partial charge in [-0.25, -0.2) is 17.9 Å². The molecule has 3 aromatic heterocycles.